The van der Waals surface area contributed by atoms with Gasteiger partial charge in [0.25, 0.3) is 5.91 Å². The van der Waals surface area contributed by atoms with Gasteiger partial charge >= 0.3 is 0 Å². The van der Waals surface area contributed by atoms with E-state index in [9.17, 15) is 13.6 Å². The normalized spacial score (nSPS) is 13.1. The lowest BCUT2D eigenvalue weighted by molar-refractivity contribution is -0.116. The highest BCUT2D eigenvalue weighted by Gasteiger charge is 2.15. The molecule has 8 heteroatoms. The highest BCUT2D eigenvalue weighted by molar-refractivity contribution is 5.90. The van der Waals surface area contributed by atoms with Crippen molar-refractivity contribution in [1.29, 1.82) is 5.26 Å². The van der Waals surface area contributed by atoms with Gasteiger partial charge in [-0.05, 0) is 41.8 Å². The number of hydrogen-bond acceptors (Lipinski definition) is 5. The number of amides is 1. The molecule has 1 aliphatic rings. The predicted octanol–water partition coefficient (Wildman–Crippen LogP) is 4.58. The molecule has 1 heterocycles. The van der Waals surface area contributed by atoms with Crippen LogP contribution in [0.5, 0.6) is 17.2 Å². The molecule has 0 aromatic heterocycles. The van der Waals surface area contributed by atoms with Crippen molar-refractivity contribution in [2.45, 2.75) is 0 Å². The van der Waals surface area contributed by atoms with E-state index in [0.717, 1.165) is 0 Å². The fraction of sp³-hybridized carbons (Fsp3) is 0.0833. The van der Waals surface area contributed by atoms with E-state index in [1.165, 1.54) is 36.4 Å². The molecule has 0 radical (unpaired) electrons. The number of halogens is 2. The molecule has 0 saturated carbocycles. The Morgan fingerprint density at radius 1 is 1.03 bits per heavy atom. The monoisotopic (exact) mass is 433 g/mol. The van der Waals surface area contributed by atoms with Gasteiger partial charge in [0, 0.05) is 29.8 Å². The van der Waals surface area contributed by atoms with Crippen LogP contribution in [0.3, 0.4) is 0 Å². The van der Waals surface area contributed by atoms with Gasteiger partial charge in [-0.25, -0.2) is 8.78 Å². The first-order valence-electron chi connectivity index (χ1n) is 9.61. The van der Waals surface area contributed by atoms with Crippen LogP contribution in [0.1, 0.15) is 5.56 Å². The Hall–Kier alpha value is -4.38. The summed E-state index contributed by atoms with van der Waals surface area (Å²) in [7, 11) is 0. The van der Waals surface area contributed by atoms with E-state index in [-0.39, 0.29) is 29.8 Å². The molecule has 32 heavy (non-hydrogen) atoms. The number of nitrogens with one attached hydrogen (secondary N) is 1. The summed E-state index contributed by atoms with van der Waals surface area (Å²) in [5, 5.41) is 12.7. The molecule has 0 spiro atoms. The lowest BCUT2D eigenvalue weighted by Crippen LogP contribution is -2.36. The van der Waals surface area contributed by atoms with Gasteiger partial charge in [-0.1, -0.05) is 6.58 Å². The zero-order valence-electron chi connectivity index (χ0n) is 16.8. The Labute approximate surface area is 182 Å². The summed E-state index contributed by atoms with van der Waals surface area (Å²) in [5.41, 5.74) is 0.393. The lowest BCUT2D eigenvalue weighted by Gasteiger charge is -2.25. The Morgan fingerprint density at radius 3 is 2.62 bits per heavy atom. The van der Waals surface area contributed by atoms with Gasteiger partial charge in [0.2, 0.25) is 0 Å². The van der Waals surface area contributed by atoms with Gasteiger partial charge in [-0.15, -0.1) is 0 Å². The largest absolute Gasteiger partial charge is 0.488 e. The van der Waals surface area contributed by atoms with E-state index in [1.54, 1.807) is 29.3 Å². The molecule has 1 aliphatic heterocycles. The van der Waals surface area contributed by atoms with Gasteiger partial charge < -0.3 is 19.7 Å². The van der Waals surface area contributed by atoms with E-state index in [1.807, 2.05) is 6.07 Å². The molecule has 0 atom stereocenters. The smallest absolute Gasteiger partial charge is 0.250 e. The van der Waals surface area contributed by atoms with Crippen molar-refractivity contribution in [2.75, 3.05) is 13.2 Å². The molecule has 6 nitrogen and oxygen atoms in total. The Kier molecular flexibility index (Phi) is 5.73. The molecule has 0 saturated heterocycles. The van der Waals surface area contributed by atoms with Crippen LogP contribution in [-0.2, 0) is 4.79 Å². The highest BCUT2D eigenvalue weighted by atomic mass is 19.1. The van der Waals surface area contributed by atoms with E-state index < -0.39 is 11.6 Å². The summed E-state index contributed by atoms with van der Waals surface area (Å²) in [5.74, 6) is -0.391. The van der Waals surface area contributed by atoms with Crippen LogP contribution in [0.15, 0.2) is 73.2 Å². The number of carbonyl (C=O) groups is 1. The van der Waals surface area contributed by atoms with E-state index in [0.29, 0.717) is 28.7 Å². The molecule has 3 aromatic rings. The number of nitrogens with zero attached hydrogens (tertiary/aromatic N) is 2. The van der Waals surface area contributed by atoms with Gasteiger partial charge in [0.15, 0.2) is 11.5 Å². The standard InChI is InChI=1S/C24H17F2N3O3/c1-15-28-24(30)6-7-29(15)8-9-31-23-12-18(25)3-5-21(23)32-22-13-19(26)11-17-10-16(14-27)2-4-20(17)22/h2-7,10-13H,1,8-9H2,(H,28,30). The van der Waals surface area contributed by atoms with Gasteiger partial charge in [-0.3, -0.25) is 4.79 Å². The number of hydrogen-bond donors (Lipinski definition) is 1. The minimum absolute atomic E-state index is 0.131. The van der Waals surface area contributed by atoms with Crippen molar-refractivity contribution in [3.05, 3.63) is 90.4 Å². The van der Waals surface area contributed by atoms with E-state index >= 15 is 0 Å². The van der Waals surface area contributed by atoms with Crippen LogP contribution in [0.4, 0.5) is 8.78 Å². The fourth-order valence-corrected chi connectivity index (χ4v) is 3.22. The number of nitriles is 1. The maximum absolute atomic E-state index is 14.2. The number of carbonyl (C=O) groups excluding carboxylic acids is 1. The van der Waals surface area contributed by atoms with Crippen molar-refractivity contribution < 1.29 is 23.0 Å². The Balaban J connectivity index is 1.56. The second-order valence-corrected chi connectivity index (χ2v) is 6.94. The van der Waals surface area contributed by atoms with Gasteiger partial charge in [0.05, 0.1) is 18.2 Å². The molecular formula is C24H17F2N3O3. The molecule has 0 unspecified atom stereocenters. The number of rotatable bonds is 6. The molecule has 4 rings (SSSR count). The molecule has 3 aromatic carbocycles. The van der Waals surface area contributed by atoms with Gasteiger partial charge in [-0.2, -0.15) is 5.26 Å². The topological polar surface area (TPSA) is 74.6 Å². The van der Waals surface area contributed by atoms with Crippen LogP contribution in [0.25, 0.3) is 10.8 Å². The quantitative estimate of drug-likeness (QED) is 0.616. The third-order valence-corrected chi connectivity index (χ3v) is 4.74. The summed E-state index contributed by atoms with van der Waals surface area (Å²) in [6.45, 7) is 4.23. The molecule has 0 aliphatic carbocycles. The van der Waals surface area contributed by atoms with Gasteiger partial charge in [0.1, 0.15) is 29.8 Å². The summed E-state index contributed by atoms with van der Waals surface area (Å²) < 4.78 is 39.6. The number of ether oxygens (including phenoxy) is 2. The predicted molar refractivity (Wildman–Crippen MR) is 114 cm³/mol. The second kappa shape index (κ2) is 8.78. The van der Waals surface area contributed by atoms with Crippen molar-refractivity contribution in [3.63, 3.8) is 0 Å². The summed E-state index contributed by atoms with van der Waals surface area (Å²) >= 11 is 0. The first-order chi connectivity index (χ1) is 15.4. The minimum Gasteiger partial charge on any atom is -0.488 e. The first kappa shape index (κ1) is 20.9. The Bertz CT molecular complexity index is 1300. The SMILES string of the molecule is C=C1NC(=O)C=CN1CCOc1cc(F)ccc1Oc1cc(F)cc2cc(C#N)ccc12. The van der Waals surface area contributed by atoms with Crippen molar-refractivity contribution in [2.24, 2.45) is 0 Å². The number of fused-ring (bicyclic) bond motifs is 1. The molecule has 1 amide bonds. The molecule has 0 bridgehead atoms. The van der Waals surface area contributed by atoms with Crippen LogP contribution in [-0.4, -0.2) is 24.0 Å². The second-order valence-electron chi connectivity index (χ2n) is 6.94. The third kappa shape index (κ3) is 4.52. The maximum atomic E-state index is 14.2. The zero-order chi connectivity index (χ0) is 22.7. The van der Waals surface area contributed by atoms with E-state index in [4.69, 9.17) is 14.7 Å². The maximum Gasteiger partial charge on any atom is 0.250 e. The Morgan fingerprint density at radius 2 is 1.84 bits per heavy atom. The summed E-state index contributed by atoms with van der Waals surface area (Å²) in [6.07, 6.45) is 2.93. The minimum atomic E-state index is -0.537. The van der Waals surface area contributed by atoms with Crippen molar-refractivity contribution in [1.82, 2.24) is 10.2 Å². The third-order valence-electron chi connectivity index (χ3n) is 4.74. The van der Waals surface area contributed by atoms with Crippen LogP contribution < -0.4 is 14.8 Å². The fourth-order valence-electron chi connectivity index (χ4n) is 3.22. The van der Waals surface area contributed by atoms with E-state index in [2.05, 4.69) is 11.9 Å². The first-order valence-corrected chi connectivity index (χ1v) is 9.61. The van der Waals surface area contributed by atoms with Crippen molar-refractivity contribution >= 4 is 16.7 Å². The molecule has 1 N–H and O–H groups in total. The molecular weight excluding hydrogens is 416 g/mol. The highest BCUT2D eigenvalue weighted by Crippen LogP contribution is 2.36. The van der Waals surface area contributed by atoms with Crippen LogP contribution >= 0.6 is 0 Å². The number of benzene rings is 3. The average Bonchev–Trinajstić information content (AvgIpc) is 2.76. The summed E-state index contributed by atoms with van der Waals surface area (Å²) in [4.78, 5) is 13.0. The lowest BCUT2D eigenvalue weighted by atomic mass is 10.1. The summed E-state index contributed by atoms with van der Waals surface area (Å²) in [6, 6.07) is 13.1. The molecule has 160 valence electrons. The van der Waals surface area contributed by atoms with Crippen LogP contribution in [0.2, 0.25) is 0 Å². The van der Waals surface area contributed by atoms with Crippen LogP contribution in [0, 0.1) is 23.0 Å². The molecule has 0 fully saturated rings. The average molecular weight is 433 g/mol. The van der Waals surface area contributed by atoms with Crippen molar-refractivity contribution in [3.8, 4) is 23.3 Å². The zero-order valence-corrected chi connectivity index (χ0v) is 16.8.